The molecule has 0 spiro atoms. The van der Waals surface area contributed by atoms with E-state index in [1.54, 1.807) is 29.2 Å². The summed E-state index contributed by atoms with van der Waals surface area (Å²) < 4.78 is 0. The normalized spacial score (nSPS) is 10.0. The smallest absolute Gasteiger partial charge is 0.423 e. The maximum atomic E-state index is 11.7. The Balaban J connectivity index is 2.51. The number of nitrogens with zero attached hydrogens (tertiary/aromatic N) is 1. The summed E-state index contributed by atoms with van der Waals surface area (Å²) in [6.45, 7) is 5.65. The van der Waals surface area contributed by atoms with Crippen LogP contribution in [0.5, 0.6) is 0 Å². The zero-order valence-electron chi connectivity index (χ0n) is 10.8. The lowest BCUT2D eigenvalue weighted by molar-refractivity contribution is 0.203. The molecule has 0 atom stereocenters. The number of carbonyl (C=O) groups excluding carboxylic acids is 1. The van der Waals surface area contributed by atoms with Crippen LogP contribution in [0.1, 0.15) is 19.4 Å². The number of carbonyl (C=O) groups is 1. The Morgan fingerprint density at radius 2 is 1.78 bits per heavy atom. The molecule has 0 bridgehead atoms. The Labute approximate surface area is 108 Å². The van der Waals surface area contributed by atoms with E-state index in [4.69, 9.17) is 10.0 Å². The summed E-state index contributed by atoms with van der Waals surface area (Å²) in [7, 11) is -1.45. The largest absolute Gasteiger partial charge is 0.488 e. The van der Waals surface area contributed by atoms with E-state index < -0.39 is 7.12 Å². The van der Waals surface area contributed by atoms with E-state index >= 15 is 0 Å². The minimum Gasteiger partial charge on any atom is -0.423 e. The van der Waals surface area contributed by atoms with Gasteiger partial charge in [-0.1, -0.05) is 24.3 Å². The molecule has 1 aromatic carbocycles. The predicted molar refractivity (Wildman–Crippen MR) is 71.4 cm³/mol. The van der Waals surface area contributed by atoms with Crippen molar-refractivity contribution >= 4 is 18.6 Å². The molecule has 0 aliphatic heterocycles. The summed E-state index contributed by atoms with van der Waals surface area (Å²) in [5, 5.41) is 20.7. The number of hydrogen-bond acceptors (Lipinski definition) is 3. The van der Waals surface area contributed by atoms with Gasteiger partial charge in [-0.3, -0.25) is 0 Å². The molecule has 0 saturated heterocycles. The highest BCUT2D eigenvalue weighted by Gasteiger charge is 2.11. The molecule has 0 aliphatic rings. The third-order valence-corrected chi connectivity index (χ3v) is 2.77. The average molecular weight is 250 g/mol. The number of amides is 2. The van der Waals surface area contributed by atoms with E-state index in [0.29, 0.717) is 25.1 Å². The molecule has 2 amide bonds. The summed E-state index contributed by atoms with van der Waals surface area (Å²) in [6, 6.07) is 6.69. The van der Waals surface area contributed by atoms with Gasteiger partial charge in [0.15, 0.2) is 0 Å². The molecule has 0 saturated carbocycles. The first-order valence-corrected chi connectivity index (χ1v) is 6.06. The summed E-state index contributed by atoms with van der Waals surface area (Å²) in [5.41, 5.74) is 1.36. The van der Waals surface area contributed by atoms with Crippen molar-refractivity contribution in [3.8, 4) is 0 Å². The van der Waals surface area contributed by atoms with Crippen molar-refractivity contribution in [1.29, 1.82) is 0 Å². The Hall–Kier alpha value is -1.53. The third-order valence-electron chi connectivity index (χ3n) is 2.77. The number of hydrogen-bond donors (Lipinski definition) is 3. The molecular formula is C12H19BN2O3. The average Bonchev–Trinajstić information content (AvgIpc) is 2.38. The zero-order valence-corrected chi connectivity index (χ0v) is 10.8. The third kappa shape index (κ3) is 4.05. The summed E-state index contributed by atoms with van der Waals surface area (Å²) in [6.07, 6.45) is 0. The Bertz CT molecular complexity index is 377. The SMILES string of the molecule is CCN(CC)C(=O)NCc1ccc(B(O)O)cc1. The molecule has 18 heavy (non-hydrogen) atoms. The van der Waals surface area contributed by atoms with Crippen molar-refractivity contribution in [3.63, 3.8) is 0 Å². The highest BCUT2D eigenvalue weighted by Crippen LogP contribution is 1.98. The van der Waals surface area contributed by atoms with Gasteiger partial charge in [-0.15, -0.1) is 0 Å². The van der Waals surface area contributed by atoms with Crippen LogP contribution in [-0.4, -0.2) is 41.2 Å². The number of benzene rings is 1. The van der Waals surface area contributed by atoms with Crippen LogP contribution in [-0.2, 0) is 6.54 Å². The van der Waals surface area contributed by atoms with Gasteiger partial charge in [0.05, 0.1) is 0 Å². The van der Waals surface area contributed by atoms with Gasteiger partial charge in [-0.2, -0.15) is 0 Å². The van der Waals surface area contributed by atoms with Gasteiger partial charge in [0, 0.05) is 19.6 Å². The fraction of sp³-hybridized carbons (Fsp3) is 0.417. The summed E-state index contributed by atoms with van der Waals surface area (Å²) in [5.74, 6) is 0. The van der Waals surface area contributed by atoms with Crippen LogP contribution in [0.15, 0.2) is 24.3 Å². The van der Waals surface area contributed by atoms with Crippen molar-refractivity contribution < 1.29 is 14.8 Å². The van der Waals surface area contributed by atoms with Crippen molar-refractivity contribution in [2.24, 2.45) is 0 Å². The molecule has 1 rings (SSSR count). The zero-order chi connectivity index (χ0) is 13.5. The van der Waals surface area contributed by atoms with Gasteiger partial charge in [0.2, 0.25) is 0 Å². The molecule has 98 valence electrons. The number of nitrogens with one attached hydrogen (secondary N) is 1. The molecule has 0 unspecified atom stereocenters. The van der Waals surface area contributed by atoms with Gasteiger partial charge < -0.3 is 20.3 Å². The molecule has 0 radical (unpaired) electrons. The molecule has 0 aliphatic carbocycles. The maximum Gasteiger partial charge on any atom is 0.488 e. The molecule has 6 heteroatoms. The second-order valence-electron chi connectivity index (χ2n) is 3.95. The standard InChI is InChI=1S/C12H19BN2O3/c1-3-15(4-2)12(16)14-9-10-5-7-11(8-6-10)13(17)18/h5-8,17-18H,3-4,9H2,1-2H3,(H,14,16). The van der Waals surface area contributed by atoms with Crippen LogP contribution in [0.25, 0.3) is 0 Å². The molecular weight excluding hydrogens is 231 g/mol. The lowest BCUT2D eigenvalue weighted by Crippen LogP contribution is -2.39. The van der Waals surface area contributed by atoms with E-state index in [0.717, 1.165) is 5.56 Å². The topological polar surface area (TPSA) is 72.8 Å². The van der Waals surface area contributed by atoms with E-state index in [2.05, 4.69) is 5.32 Å². The fourth-order valence-corrected chi connectivity index (χ4v) is 1.61. The molecule has 0 heterocycles. The summed E-state index contributed by atoms with van der Waals surface area (Å²) >= 11 is 0. The monoisotopic (exact) mass is 250 g/mol. The van der Waals surface area contributed by atoms with Crippen LogP contribution >= 0.6 is 0 Å². The predicted octanol–water partition coefficient (Wildman–Crippen LogP) is -0.0822. The van der Waals surface area contributed by atoms with Gasteiger partial charge in [-0.05, 0) is 24.9 Å². The highest BCUT2D eigenvalue weighted by atomic mass is 16.4. The minimum absolute atomic E-state index is 0.0914. The van der Waals surface area contributed by atoms with Crippen molar-refractivity contribution in [2.75, 3.05) is 13.1 Å². The van der Waals surface area contributed by atoms with Crippen LogP contribution in [0, 0.1) is 0 Å². The molecule has 0 aromatic heterocycles. The van der Waals surface area contributed by atoms with Gasteiger partial charge in [0.1, 0.15) is 0 Å². The lowest BCUT2D eigenvalue weighted by atomic mass is 9.80. The lowest BCUT2D eigenvalue weighted by Gasteiger charge is -2.19. The molecule has 1 aromatic rings. The molecule has 3 N–H and O–H groups in total. The Kier molecular flexibility index (Phi) is 5.68. The van der Waals surface area contributed by atoms with E-state index in [1.807, 2.05) is 13.8 Å². The van der Waals surface area contributed by atoms with E-state index in [-0.39, 0.29) is 6.03 Å². The quantitative estimate of drug-likeness (QED) is 0.640. The fourth-order valence-electron chi connectivity index (χ4n) is 1.61. The second kappa shape index (κ2) is 7.03. The maximum absolute atomic E-state index is 11.7. The Morgan fingerprint density at radius 3 is 2.22 bits per heavy atom. The number of rotatable bonds is 5. The van der Waals surface area contributed by atoms with Crippen molar-refractivity contribution in [2.45, 2.75) is 20.4 Å². The first kappa shape index (κ1) is 14.5. The highest BCUT2D eigenvalue weighted by molar-refractivity contribution is 6.58. The first-order valence-electron chi connectivity index (χ1n) is 6.06. The summed E-state index contributed by atoms with van der Waals surface area (Å²) in [4.78, 5) is 13.4. The van der Waals surface area contributed by atoms with Gasteiger partial charge >= 0.3 is 13.1 Å². The van der Waals surface area contributed by atoms with Crippen LogP contribution in [0.4, 0.5) is 4.79 Å². The van der Waals surface area contributed by atoms with Crippen LogP contribution < -0.4 is 10.8 Å². The van der Waals surface area contributed by atoms with E-state index in [1.165, 1.54) is 0 Å². The second-order valence-corrected chi connectivity index (χ2v) is 3.95. The van der Waals surface area contributed by atoms with Gasteiger partial charge in [-0.25, -0.2) is 4.79 Å². The van der Waals surface area contributed by atoms with Crippen molar-refractivity contribution in [1.82, 2.24) is 10.2 Å². The molecule has 5 nitrogen and oxygen atoms in total. The van der Waals surface area contributed by atoms with Gasteiger partial charge in [0.25, 0.3) is 0 Å². The Morgan fingerprint density at radius 1 is 1.22 bits per heavy atom. The van der Waals surface area contributed by atoms with Crippen LogP contribution in [0.3, 0.4) is 0 Å². The number of urea groups is 1. The van der Waals surface area contributed by atoms with E-state index in [9.17, 15) is 4.79 Å². The van der Waals surface area contributed by atoms with Crippen molar-refractivity contribution in [3.05, 3.63) is 29.8 Å². The minimum atomic E-state index is -1.45. The first-order chi connectivity index (χ1) is 8.58. The molecule has 0 fully saturated rings. The van der Waals surface area contributed by atoms with Crippen LogP contribution in [0.2, 0.25) is 0 Å².